The second-order valence-electron chi connectivity index (χ2n) is 6.35. The van der Waals surface area contributed by atoms with Gasteiger partial charge in [-0.3, -0.25) is 4.79 Å². The number of para-hydroxylation sites is 3. The number of carbonyl (C=O) groups is 1. The van der Waals surface area contributed by atoms with Crippen LogP contribution >= 0.6 is 24.8 Å². The van der Waals surface area contributed by atoms with Gasteiger partial charge in [0.2, 0.25) is 5.91 Å². The maximum atomic E-state index is 12.4. The predicted octanol–water partition coefficient (Wildman–Crippen LogP) is 3.17. The van der Waals surface area contributed by atoms with Gasteiger partial charge in [0.15, 0.2) is 0 Å². The quantitative estimate of drug-likeness (QED) is 0.581. The van der Waals surface area contributed by atoms with E-state index in [1.807, 2.05) is 66.1 Å². The largest absolute Gasteiger partial charge is 0.486 e. The van der Waals surface area contributed by atoms with Crippen molar-refractivity contribution in [2.45, 2.75) is 20.1 Å². The molecule has 1 aromatic heterocycles. The minimum atomic E-state index is -0.0607. The molecule has 8 heteroatoms. The van der Waals surface area contributed by atoms with Crippen LogP contribution in [0.3, 0.4) is 0 Å². The SMILES string of the molecule is CC(CN)CNC(=O)Cn1c(COc2ccccc2)nc2ccccc21.Cl.Cl. The Morgan fingerprint density at radius 3 is 2.54 bits per heavy atom. The van der Waals surface area contributed by atoms with E-state index in [1.54, 1.807) is 0 Å². The molecule has 1 unspecified atom stereocenters. The number of ether oxygens (including phenoxy) is 1. The van der Waals surface area contributed by atoms with Crippen molar-refractivity contribution in [1.82, 2.24) is 14.9 Å². The van der Waals surface area contributed by atoms with Gasteiger partial charge < -0.3 is 20.4 Å². The second-order valence-corrected chi connectivity index (χ2v) is 6.35. The molecule has 0 radical (unpaired) electrons. The number of rotatable bonds is 8. The third kappa shape index (κ3) is 6.12. The molecule has 1 heterocycles. The number of imidazole rings is 1. The molecule has 0 bridgehead atoms. The summed E-state index contributed by atoms with van der Waals surface area (Å²) < 4.78 is 7.73. The number of aromatic nitrogens is 2. The van der Waals surface area contributed by atoms with Gasteiger partial charge in [-0.1, -0.05) is 37.3 Å². The average molecular weight is 425 g/mol. The normalized spacial score (nSPS) is 11.2. The topological polar surface area (TPSA) is 82.2 Å². The third-order valence-corrected chi connectivity index (χ3v) is 4.20. The van der Waals surface area contributed by atoms with E-state index in [-0.39, 0.29) is 43.2 Å². The van der Waals surface area contributed by atoms with Crippen molar-refractivity contribution in [3.8, 4) is 5.75 Å². The van der Waals surface area contributed by atoms with Crippen LogP contribution in [0.2, 0.25) is 0 Å². The zero-order chi connectivity index (χ0) is 18.4. The van der Waals surface area contributed by atoms with Crippen LogP contribution in [-0.4, -0.2) is 28.5 Å². The first-order chi connectivity index (χ1) is 12.7. The third-order valence-electron chi connectivity index (χ3n) is 4.20. The molecule has 152 valence electrons. The van der Waals surface area contributed by atoms with E-state index in [0.29, 0.717) is 19.7 Å². The molecule has 0 aliphatic heterocycles. The van der Waals surface area contributed by atoms with Crippen molar-refractivity contribution < 1.29 is 9.53 Å². The number of halogens is 2. The molecule has 3 N–H and O–H groups in total. The number of amides is 1. The van der Waals surface area contributed by atoms with Crippen molar-refractivity contribution in [3.05, 3.63) is 60.4 Å². The Morgan fingerprint density at radius 2 is 1.82 bits per heavy atom. The molecule has 3 aromatic rings. The molecule has 0 spiro atoms. The first kappa shape index (κ1) is 23.8. The number of hydrogen-bond acceptors (Lipinski definition) is 4. The Kier molecular flexibility index (Phi) is 9.79. The van der Waals surface area contributed by atoms with E-state index in [2.05, 4.69) is 10.3 Å². The molecular formula is C20H26Cl2N4O2. The van der Waals surface area contributed by atoms with Crippen molar-refractivity contribution in [1.29, 1.82) is 0 Å². The highest BCUT2D eigenvalue weighted by Crippen LogP contribution is 2.18. The number of nitrogens with two attached hydrogens (primary N) is 1. The summed E-state index contributed by atoms with van der Waals surface area (Å²) in [6.45, 7) is 3.62. The number of carbonyl (C=O) groups excluding carboxylic acids is 1. The van der Waals surface area contributed by atoms with Gasteiger partial charge >= 0.3 is 0 Å². The molecule has 2 aromatic carbocycles. The van der Waals surface area contributed by atoms with Crippen LogP contribution in [0.15, 0.2) is 54.6 Å². The van der Waals surface area contributed by atoms with Crippen molar-refractivity contribution in [3.63, 3.8) is 0 Å². The Hall–Kier alpha value is -2.28. The Labute approximate surface area is 177 Å². The van der Waals surface area contributed by atoms with E-state index in [4.69, 9.17) is 10.5 Å². The lowest BCUT2D eigenvalue weighted by Crippen LogP contribution is -2.34. The van der Waals surface area contributed by atoms with Gasteiger partial charge in [0, 0.05) is 6.54 Å². The number of nitrogens with zero attached hydrogens (tertiary/aromatic N) is 2. The highest BCUT2D eigenvalue weighted by Gasteiger charge is 2.14. The standard InChI is InChI=1S/C20H24N4O2.2ClH/c1-15(11-21)12-22-20(25)13-24-18-10-6-5-9-17(18)23-19(24)14-26-16-7-3-2-4-8-16;;/h2-10,15H,11-14,21H2,1H3,(H,22,25);2*1H. The molecule has 6 nitrogen and oxygen atoms in total. The summed E-state index contributed by atoms with van der Waals surface area (Å²) in [6, 6.07) is 17.4. The van der Waals surface area contributed by atoms with E-state index in [9.17, 15) is 4.79 Å². The Bertz CT molecular complexity index is 871. The Balaban J connectivity index is 0.00000196. The number of fused-ring (bicyclic) bond motifs is 1. The van der Waals surface area contributed by atoms with Crippen LogP contribution in [-0.2, 0) is 17.9 Å². The number of nitrogens with one attached hydrogen (secondary N) is 1. The second kappa shape index (κ2) is 11.5. The van der Waals surface area contributed by atoms with Gasteiger partial charge in [-0.25, -0.2) is 4.98 Å². The highest BCUT2D eigenvalue weighted by atomic mass is 35.5. The summed E-state index contributed by atoms with van der Waals surface area (Å²) in [5, 5.41) is 2.93. The average Bonchev–Trinajstić information content (AvgIpc) is 3.02. The van der Waals surface area contributed by atoms with Gasteiger partial charge in [0.1, 0.15) is 24.7 Å². The summed E-state index contributed by atoms with van der Waals surface area (Å²) >= 11 is 0. The van der Waals surface area contributed by atoms with Crippen LogP contribution in [0.25, 0.3) is 11.0 Å². The van der Waals surface area contributed by atoms with E-state index < -0.39 is 0 Å². The minimum Gasteiger partial charge on any atom is -0.486 e. The number of benzene rings is 2. The van der Waals surface area contributed by atoms with Gasteiger partial charge in [0.25, 0.3) is 0 Å². The number of hydrogen-bond donors (Lipinski definition) is 2. The lowest BCUT2D eigenvalue weighted by molar-refractivity contribution is -0.121. The first-order valence-electron chi connectivity index (χ1n) is 8.76. The molecule has 0 fully saturated rings. The predicted molar refractivity (Wildman–Crippen MR) is 116 cm³/mol. The van der Waals surface area contributed by atoms with Crippen LogP contribution in [0.5, 0.6) is 5.75 Å². The van der Waals surface area contributed by atoms with Crippen LogP contribution < -0.4 is 15.8 Å². The van der Waals surface area contributed by atoms with E-state index >= 15 is 0 Å². The lowest BCUT2D eigenvalue weighted by atomic mass is 10.2. The molecule has 0 saturated heterocycles. The highest BCUT2D eigenvalue weighted by molar-refractivity contribution is 5.85. The fourth-order valence-electron chi connectivity index (χ4n) is 2.65. The van der Waals surface area contributed by atoms with Crippen molar-refractivity contribution in [2.24, 2.45) is 11.7 Å². The minimum absolute atomic E-state index is 0. The summed E-state index contributed by atoms with van der Waals surface area (Å²) in [5.41, 5.74) is 7.37. The van der Waals surface area contributed by atoms with Crippen molar-refractivity contribution >= 4 is 41.8 Å². The summed E-state index contributed by atoms with van der Waals surface area (Å²) in [5.74, 6) is 1.68. The smallest absolute Gasteiger partial charge is 0.240 e. The maximum absolute atomic E-state index is 12.4. The molecule has 1 amide bonds. The zero-order valence-corrected chi connectivity index (χ0v) is 17.3. The van der Waals surface area contributed by atoms with Gasteiger partial charge in [-0.2, -0.15) is 0 Å². The zero-order valence-electron chi connectivity index (χ0n) is 15.7. The lowest BCUT2D eigenvalue weighted by Gasteiger charge is -2.13. The van der Waals surface area contributed by atoms with Crippen LogP contribution in [0.1, 0.15) is 12.7 Å². The molecule has 0 saturated carbocycles. The van der Waals surface area contributed by atoms with E-state index in [1.165, 1.54) is 0 Å². The van der Waals surface area contributed by atoms with Gasteiger partial charge in [0.05, 0.1) is 11.0 Å². The molecule has 0 aliphatic carbocycles. The van der Waals surface area contributed by atoms with Crippen LogP contribution in [0, 0.1) is 5.92 Å². The molecule has 1 atom stereocenters. The monoisotopic (exact) mass is 424 g/mol. The Morgan fingerprint density at radius 1 is 1.14 bits per heavy atom. The van der Waals surface area contributed by atoms with Crippen LogP contribution in [0.4, 0.5) is 0 Å². The molecular weight excluding hydrogens is 399 g/mol. The fourth-order valence-corrected chi connectivity index (χ4v) is 2.65. The molecule has 28 heavy (non-hydrogen) atoms. The summed E-state index contributed by atoms with van der Waals surface area (Å²) in [6.07, 6.45) is 0. The molecule has 3 rings (SSSR count). The van der Waals surface area contributed by atoms with Crippen molar-refractivity contribution in [2.75, 3.05) is 13.1 Å². The van der Waals surface area contributed by atoms with E-state index in [0.717, 1.165) is 22.6 Å². The fraction of sp³-hybridized carbons (Fsp3) is 0.300. The maximum Gasteiger partial charge on any atom is 0.240 e. The molecule has 0 aliphatic rings. The van der Waals surface area contributed by atoms with Gasteiger partial charge in [-0.05, 0) is 36.7 Å². The summed E-state index contributed by atoms with van der Waals surface area (Å²) in [4.78, 5) is 17.0. The first-order valence-corrected chi connectivity index (χ1v) is 8.76. The summed E-state index contributed by atoms with van der Waals surface area (Å²) in [7, 11) is 0. The van der Waals surface area contributed by atoms with Gasteiger partial charge in [-0.15, -0.1) is 24.8 Å².